The Hall–Kier alpha value is -0.0300. The van der Waals surface area contributed by atoms with Crippen LogP contribution in [0.1, 0.15) is 0 Å². The molecule has 0 fully saturated rings. The molecule has 17 heavy (non-hydrogen) atoms. The Balaban J connectivity index is 2.77. The number of hydrogen-bond donors (Lipinski definition) is 0. The van der Waals surface area contributed by atoms with Crippen molar-refractivity contribution in [2.75, 3.05) is 0 Å². The Kier molecular flexibility index (Phi) is 4.18. The molecule has 0 N–H and O–H groups in total. The third-order valence-electron chi connectivity index (χ3n) is 2.22. The summed E-state index contributed by atoms with van der Waals surface area (Å²) in [5.41, 5.74) is 0.875. The fourth-order valence-corrected chi connectivity index (χ4v) is 3.26. The summed E-state index contributed by atoms with van der Waals surface area (Å²) in [4.78, 5) is 0. The molecule has 2 rings (SSSR count). The van der Waals surface area contributed by atoms with Gasteiger partial charge in [-0.25, -0.2) is 4.39 Å². The summed E-state index contributed by atoms with van der Waals surface area (Å²) in [7, 11) is 0. The minimum absolute atomic E-state index is 0.338. The van der Waals surface area contributed by atoms with Gasteiger partial charge in [-0.3, -0.25) is 0 Å². The SMILES string of the molecule is Fc1cccc(I)c1-c1c(Cl)cc(Cl)cc1Cl. The van der Waals surface area contributed by atoms with Gasteiger partial charge in [0.2, 0.25) is 0 Å². The van der Waals surface area contributed by atoms with E-state index in [-0.39, 0.29) is 5.82 Å². The Morgan fingerprint density at radius 2 is 1.53 bits per heavy atom. The Morgan fingerprint density at radius 3 is 2.06 bits per heavy atom. The average molecular weight is 401 g/mol. The average Bonchev–Trinajstić information content (AvgIpc) is 2.21. The van der Waals surface area contributed by atoms with E-state index < -0.39 is 0 Å². The first kappa shape index (κ1) is 13.4. The van der Waals surface area contributed by atoms with Crippen molar-refractivity contribution < 1.29 is 4.39 Å². The molecule has 0 heterocycles. The smallest absolute Gasteiger partial charge is 0.132 e. The van der Waals surface area contributed by atoms with Crippen molar-refractivity contribution in [1.29, 1.82) is 0 Å². The van der Waals surface area contributed by atoms with Crippen LogP contribution in [0.4, 0.5) is 4.39 Å². The summed E-state index contributed by atoms with van der Waals surface area (Å²) in [6, 6.07) is 7.90. The maximum absolute atomic E-state index is 13.8. The van der Waals surface area contributed by atoms with Crippen LogP contribution in [0.2, 0.25) is 15.1 Å². The van der Waals surface area contributed by atoms with E-state index in [2.05, 4.69) is 0 Å². The largest absolute Gasteiger partial charge is 0.206 e. The number of rotatable bonds is 1. The van der Waals surface area contributed by atoms with Gasteiger partial charge in [-0.15, -0.1) is 0 Å². The highest BCUT2D eigenvalue weighted by molar-refractivity contribution is 14.1. The molecule has 0 saturated heterocycles. The molecule has 0 aromatic heterocycles. The van der Waals surface area contributed by atoms with Crippen molar-refractivity contribution in [2.24, 2.45) is 0 Å². The Morgan fingerprint density at radius 1 is 0.941 bits per heavy atom. The van der Waals surface area contributed by atoms with E-state index in [0.717, 1.165) is 3.57 Å². The molecule has 2 aromatic rings. The third kappa shape index (κ3) is 2.70. The van der Waals surface area contributed by atoms with Crippen LogP contribution in [0, 0.1) is 9.39 Å². The summed E-state index contributed by atoms with van der Waals surface area (Å²) in [5, 5.41) is 1.10. The van der Waals surface area contributed by atoms with Crippen LogP contribution >= 0.6 is 57.4 Å². The highest BCUT2D eigenvalue weighted by Crippen LogP contribution is 2.40. The van der Waals surface area contributed by atoms with Crippen molar-refractivity contribution in [1.82, 2.24) is 0 Å². The van der Waals surface area contributed by atoms with Crippen molar-refractivity contribution in [2.45, 2.75) is 0 Å². The zero-order chi connectivity index (χ0) is 12.6. The molecule has 0 nitrogen and oxygen atoms in total. The molecule has 2 aromatic carbocycles. The molecule has 0 aliphatic heterocycles. The fourth-order valence-electron chi connectivity index (χ4n) is 1.52. The Bertz CT molecular complexity index is 541. The molecule has 0 unspecified atom stereocenters. The number of halogens is 5. The molecule has 0 radical (unpaired) electrons. The van der Waals surface area contributed by atoms with Crippen molar-refractivity contribution in [3.8, 4) is 11.1 Å². The topological polar surface area (TPSA) is 0 Å². The summed E-state index contributed by atoms with van der Waals surface area (Å²) in [6.45, 7) is 0. The van der Waals surface area contributed by atoms with Gasteiger partial charge < -0.3 is 0 Å². The van der Waals surface area contributed by atoms with E-state index in [1.165, 1.54) is 6.07 Å². The van der Waals surface area contributed by atoms with Gasteiger partial charge in [-0.1, -0.05) is 40.9 Å². The quantitative estimate of drug-likeness (QED) is 0.510. The van der Waals surface area contributed by atoms with Crippen LogP contribution in [0.25, 0.3) is 11.1 Å². The molecule has 0 amide bonds. The predicted octanol–water partition coefficient (Wildman–Crippen LogP) is 6.06. The third-order valence-corrected chi connectivity index (χ3v) is 3.93. The summed E-state index contributed by atoms with van der Waals surface area (Å²) < 4.78 is 14.6. The first-order valence-corrected chi connectivity index (χ1v) is 6.81. The summed E-state index contributed by atoms with van der Waals surface area (Å²) in [5.74, 6) is -0.358. The zero-order valence-corrected chi connectivity index (χ0v) is 12.7. The molecule has 0 aliphatic rings. The number of hydrogen-bond acceptors (Lipinski definition) is 0. The first-order chi connectivity index (χ1) is 8.00. The van der Waals surface area contributed by atoms with Crippen LogP contribution in [-0.4, -0.2) is 0 Å². The lowest BCUT2D eigenvalue weighted by Crippen LogP contribution is -1.90. The van der Waals surface area contributed by atoms with E-state index in [1.807, 2.05) is 22.6 Å². The standard InChI is InChI=1S/C12H5Cl3FI/c13-6-4-7(14)11(8(15)5-6)12-9(16)2-1-3-10(12)17/h1-5H. The normalized spacial score (nSPS) is 10.6. The lowest BCUT2D eigenvalue weighted by molar-refractivity contribution is 0.630. The minimum Gasteiger partial charge on any atom is -0.206 e. The van der Waals surface area contributed by atoms with E-state index in [1.54, 1.807) is 24.3 Å². The van der Waals surface area contributed by atoms with Gasteiger partial charge in [0.25, 0.3) is 0 Å². The second-order valence-electron chi connectivity index (χ2n) is 3.34. The maximum atomic E-state index is 13.8. The van der Waals surface area contributed by atoms with Crippen LogP contribution in [-0.2, 0) is 0 Å². The van der Waals surface area contributed by atoms with E-state index in [0.29, 0.717) is 26.2 Å². The predicted molar refractivity (Wildman–Crippen MR) is 79.6 cm³/mol. The van der Waals surface area contributed by atoms with Crippen LogP contribution in [0.15, 0.2) is 30.3 Å². The second-order valence-corrected chi connectivity index (χ2v) is 5.75. The second kappa shape index (κ2) is 5.31. The molecule has 0 aliphatic carbocycles. The Labute approximate surface area is 127 Å². The molecule has 0 saturated carbocycles. The fraction of sp³-hybridized carbons (Fsp3) is 0. The highest BCUT2D eigenvalue weighted by atomic mass is 127. The number of benzene rings is 2. The summed E-state index contributed by atoms with van der Waals surface area (Å²) >= 11 is 20.0. The summed E-state index contributed by atoms with van der Waals surface area (Å²) in [6.07, 6.45) is 0. The van der Waals surface area contributed by atoms with Gasteiger partial charge in [0.05, 0.1) is 10.0 Å². The molecule has 5 heteroatoms. The van der Waals surface area contributed by atoms with Gasteiger partial charge in [0, 0.05) is 19.7 Å². The lowest BCUT2D eigenvalue weighted by atomic mass is 10.1. The van der Waals surface area contributed by atoms with E-state index in [4.69, 9.17) is 34.8 Å². The van der Waals surface area contributed by atoms with E-state index >= 15 is 0 Å². The molecular weight excluding hydrogens is 396 g/mol. The maximum Gasteiger partial charge on any atom is 0.132 e. The van der Waals surface area contributed by atoms with Crippen molar-refractivity contribution >= 4 is 57.4 Å². The van der Waals surface area contributed by atoms with Crippen molar-refractivity contribution in [3.05, 3.63) is 54.8 Å². The van der Waals surface area contributed by atoms with Gasteiger partial charge in [-0.05, 0) is 46.9 Å². The van der Waals surface area contributed by atoms with Crippen LogP contribution in [0.5, 0.6) is 0 Å². The van der Waals surface area contributed by atoms with Gasteiger partial charge in [0.15, 0.2) is 0 Å². The lowest BCUT2D eigenvalue weighted by Gasteiger charge is -2.11. The van der Waals surface area contributed by atoms with Crippen LogP contribution < -0.4 is 0 Å². The molecular formula is C12H5Cl3FI. The van der Waals surface area contributed by atoms with Crippen LogP contribution in [0.3, 0.4) is 0 Å². The van der Waals surface area contributed by atoms with Crippen molar-refractivity contribution in [3.63, 3.8) is 0 Å². The molecule has 0 atom stereocenters. The molecule has 0 bridgehead atoms. The van der Waals surface area contributed by atoms with Gasteiger partial charge >= 0.3 is 0 Å². The molecule has 88 valence electrons. The zero-order valence-electron chi connectivity index (χ0n) is 8.28. The monoisotopic (exact) mass is 400 g/mol. The minimum atomic E-state index is -0.358. The highest BCUT2D eigenvalue weighted by Gasteiger charge is 2.16. The molecule has 0 spiro atoms. The first-order valence-electron chi connectivity index (χ1n) is 4.59. The van der Waals surface area contributed by atoms with Gasteiger partial charge in [0.1, 0.15) is 5.82 Å². The van der Waals surface area contributed by atoms with E-state index in [9.17, 15) is 4.39 Å². The van der Waals surface area contributed by atoms with Gasteiger partial charge in [-0.2, -0.15) is 0 Å².